The van der Waals surface area contributed by atoms with E-state index in [1.165, 1.54) is 22.3 Å². The number of para-hydroxylation sites is 1. The Morgan fingerprint density at radius 2 is 2.06 bits per heavy atom. The molecular weight excluding hydrogens is 224 g/mol. The molecule has 0 amide bonds. The minimum Gasteiger partial charge on any atom is -0.396 e. The van der Waals surface area contributed by atoms with Gasteiger partial charge in [0.25, 0.3) is 0 Å². The number of aliphatic hydroxyl groups is 1. The third kappa shape index (κ3) is 2.36. The number of hydrogen-bond donors (Lipinski definition) is 2. The van der Waals surface area contributed by atoms with Crippen LogP contribution in [-0.2, 0) is 0 Å². The predicted octanol–water partition coefficient (Wildman–Crippen LogP) is 2.93. The molecule has 0 aliphatic heterocycles. The number of rotatable bonds is 5. The predicted molar refractivity (Wildman–Crippen MR) is 77.2 cm³/mol. The third-order valence-corrected chi connectivity index (χ3v) is 3.61. The molecule has 18 heavy (non-hydrogen) atoms. The molecule has 0 saturated carbocycles. The van der Waals surface area contributed by atoms with Crippen molar-refractivity contribution in [2.75, 3.05) is 25.1 Å². The summed E-state index contributed by atoms with van der Waals surface area (Å²) in [6, 6.07) is 8.36. The van der Waals surface area contributed by atoms with Crippen molar-refractivity contribution in [3.05, 3.63) is 30.0 Å². The molecule has 2 aromatic rings. The number of aromatic amines is 1. The maximum Gasteiger partial charge on any atom is 0.0651 e. The Morgan fingerprint density at radius 1 is 1.33 bits per heavy atom. The summed E-state index contributed by atoms with van der Waals surface area (Å²) in [7, 11) is 2.10. The molecule has 1 atom stereocenters. The van der Waals surface area contributed by atoms with Gasteiger partial charge in [0, 0.05) is 36.8 Å². The molecule has 3 nitrogen and oxygen atoms in total. The Hall–Kier alpha value is -1.48. The van der Waals surface area contributed by atoms with Crippen LogP contribution < -0.4 is 4.90 Å². The van der Waals surface area contributed by atoms with Crippen molar-refractivity contribution >= 4 is 16.6 Å². The lowest BCUT2D eigenvalue weighted by Crippen LogP contribution is -2.27. The van der Waals surface area contributed by atoms with Crippen LogP contribution in [0.3, 0.4) is 0 Å². The molecule has 0 spiro atoms. The lowest BCUT2D eigenvalue weighted by molar-refractivity contribution is 0.225. The molecule has 1 unspecified atom stereocenters. The fourth-order valence-corrected chi connectivity index (χ4v) is 2.55. The first-order valence-electron chi connectivity index (χ1n) is 6.56. The normalized spacial score (nSPS) is 12.9. The van der Waals surface area contributed by atoms with Crippen LogP contribution in [0.5, 0.6) is 0 Å². The Labute approximate surface area is 108 Å². The average molecular weight is 246 g/mol. The van der Waals surface area contributed by atoms with Gasteiger partial charge in [-0.15, -0.1) is 0 Å². The van der Waals surface area contributed by atoms with Crippen LogP contribution in [0.4, 0.5) is 5.69 Å². The molecule has 2 rings (SSSR count). The molecule has 0 fully saturated rings. The largest absolute Gasteiger partial charge is 0.396 e. The quantitative estimate of drug-likeness (QED) is 0.851. The minimum absolute atomic E-state index is 0.252. The second kappa shape index (κ2) is 5.44. The lowest BCUT2D eigenvalue weighted by atomic mass is 10.1. The van der Waals surface area contributed by atoms with E-state index in [0.717, 1.165) is 13.0 Å². The zero-order valence-electron chi connectivity index (χ0n) is 11.4. The maximum atomic E-state index is 9.32. The van der Waals surface area contributed by atoms with Crippen LogP contribution in [0, 0.1) is 12.8 Å². The Bertz CT molecular complexity index is 514. The van der Waals surface area contributed by atoms with E-state index < -0.39 is 0 Å². The van der Waals surface area contributed by atoms with E-state index in [0.29, 0.717) is 5.92 Å². The number of hydrogen-bond acceptors (Lipinski definition) is 2. The average Bonchev–Trinajstić information content (AvgIpc) is 2.71. The molecule has 1 aromatic heterocycles. The summed E-state index contributed by atoms with van der Waals surface area (Å²) in [5.41, 5.74) is 3.61. The lowest BCUT2D eigenvalue weighted by Gasteiger charge is -2.24. The van der Waals surface area contributed by atoms with E-state index in [1.807, 2.05) is 6.07 Å². The summed E-state index contributed by atoms with van der Waals surface area (Å²) in [6.45, 7) is 5.36. The first kappa shape index (κ1) is 13.0. The summed E-state index contributed by atoms with van der Waals surface area (Å²) in [5, 5.41) is 10.6. The standard InChI is InChI=1S/C15H22N2O/c1-4-12(10-18)9-17(3)15-11(2)16-14-8-6-5-7-13(14)15/h5-8,12,16,18H,4,9-10H2,1-3H3. The van der Waals surface area contributed by atoms with E-state index in [4.69, 9.17) is 0 Å². The zero-order valence-corrected chi connectivity index (χ0v) is 11.4. The molecule has 3 heteroatoms. The monoisotopic (exact) mass is 246 g/mol. The van der Waals surface area contributed by atoms with Gasteiger partial charge in [-0.25, -0.2) is 0 Å². The van der Waals surface area contributed by atoms with E-state index in [1.54, 1.807) is 0 Å². The molecule has 2 N–H and O–H groups in total. The van der Waals surface area contributed by atoms with Gasteiger partial charge in [0.1, 0.15) is 0 Å². The number of nitrogens with one attached hydrogen (secondary N) is 1. The van der Waals surface area contributed by atoms with Crippen molar-refractivity contribution in [1.82, 2.24) is 4.98 Å². The van der Waals surface area contributed by atoms with Crippen LogP contribution in [0.15, 0.2) is 24.3 Å². The van der Waals surface area contributed by atoms with Gasteiger partial charge in [-0.3, -0.25) is 0 Å². The summed E-state index contributed by atoms with van der Waals surface area (Å²) in [6.07, 6.45) is 1.00. The van der Waals surface area contributed by atoms with Crippen LogP contribution >= 0.6 is 0 Å². The smallest absolute Gasteiger partial charge is 0.0651 e. The van der Waals surface area contributed by atoms with Crippen molar-refractivity contribution in [3.8, 4) is 0 Å². The van der Waals surface area contributed by atoms with Crippen LogP contribution in [0.1, 0.15) is 19.0 Å². The second-order valence-electron chi connectivity index (χ2n) is 4.98. The Kier molecular flexibility index (Phi) is 3.92. The van der Waals surface area contributed by atoms with Gasteiger partial charge >= 0.3 is 0 Å². The van der Waals surface area contributed by atoms with Gasteiger partial charge in [-0.05, 0) is 25.3 Å². The zero-order chi connectivity index (χ0) is 13.1. The Morgan fingerprint density at radius 3 is 2.72 bits per heavy atom. The highest BCUT2D eigenvalue weighted by atomic mass is 16.3. The number of benzene rings is 1. The molecule has 0 aliphatic rings. The molecule has 1 aromatic carbocycles. The van der Waals surface area contributed by atoms with Gasteiger partial charge < -0.3 is 15.0 Å². The van der Waals surface area contributed by atoms with Crippen LogP contribution in [0.2, 0.25) is 0 Å². The molecule has 0 aliphatic carbocycles. The molecular formula is C15H22N2O. The van der Waals surface area contributed by atoms with Crippen molar-refractivity contribution in [1.29, 1.82) is 0 Å². The molecule has 0 saturated heterocycles. The summed E-state index contributed by atoms with van der Waals surface area (Å²) in [4.78, 5) is 5.66. The van der Waals surface area contributed by atoms with Crippen LogP contribution in [0.25, 0.3) is 10.9 Å². The van der Waals surface area contributed by atoms with Crippen molar-refractivity contribution in [2.45, 2.75) is 20.3 Å². The van der Waals surface area contributed by atoms with Gasteiger partial charge in [0.15, 0.2) is 0 Å². The van der Waals surface area contributed by atoms with Gasteiger partial charge in [-0.2, -0.15) is 0 Å². The summed E-state index contributed by atoms with van der Waals surface area (Å²) in [5.74, 6) is 0.336. The highest BCUT2D eigenvalue weighted by Gasteiger charge is 2.15. The third-order valence-electron chi connectivity index (χ3n) is 3.61. The van der Waals surface area contributed by atoms with Gasteiger partial charge in [0.05, 0.1) is 5.69 Å². The molecule has 0 bridgehead atoms. The van der Waals surface area contributed by atoms with E-state index in [2.05, 4.69) is 49.0 Å². The minimum atomic E-state index is 0.252. The van der Waals surface area contributed by atoms with E-state index >= 15 is 0 Å². The summed E-state index contributed by atoms with van der Waals surface area (Å²) < 4.78 is 0. The number of fused-ring (bicyclic) bond motifs is 1. The number of nitrogens with zero attached hydrogens (tertiary/aromatic N) is 1. The molecule has 1 heterocycles. The number of aryl methyl sites for hydroxylation is 1. The highest BCUT2D eigenvalue weighted by Crippen LogP contribution is 2.30. The molecule has 0 radical (unpaired) electrons. The molecule has 98 valence electrons. The fourth-order valence-electron chi connectivity index (χ4n) is 2.55. The SMILES string of the molecule is CCC(CO)CN(C)c1c(C)[nH]c2ccccc12. The van der Waals surface area contributed by atoms with Crippen LogP contribution in [-0.4, -0.2) is 30.3 Å². The van der Waals surface area contributed by atoms with Crippen molar-refractivity contribution < 1.29 is 5.11 Å². The Balaban J connectivity index is 2.32. The first-order valence-corrected chi connectivity index (χ1v) is 6.56. The maximum absolute atomic E-state index is 9.32. The highest BCUT2D eigenvalue weighted by molar-refractivity contribution is 5.94. The van der Waals surface area contributed by atoms with Gasteiger partial charge in [0.2, 0.25) is 0 Å². The van der Waals surface area contributed by atoms with Gasteiger partial charge in [-0.1, -0.05) is 25.1 Å². The first-order chi connectivity index (χ1) is 8.67. The topological polar surface area (TPSA) is 39.3 Å². The summed E-state index contributed by atoms with van der Waals surface area (Å²) >= 11 is 0. The van der Waals surface area contributed by atoms with E-state index in [9.17, 15) is 5.11 Å². The number of anilines is 1. The van der Waals surface area contributed by atoms with Crippen molar-refractivity contribution in [2.24, 2.45) is 5.92 Å². The number of aromatic nitrogens is 1. The van der Waals surface area contributed by atoms with E-state index in [-0.39, 0.29) is 6.61 Å². The fraction of sp³-hybridized carbons (Fsp3) is 0.467. The second-order valence-corrected chi connectivity index (χ2v) is 4.98. The number of aliphatic hydroxyl groups excluding tert-OH is 1. The number of H-pyrrole nitrogens is 1. The van der Waals surface area contributed by atoms with Crippen molar-refractivity contribution in [3.63, 3.8) is 0 Å².